The van der Waals surface area contributed by atoms with E-state index in [0.717, 1.165) is 5.56 Å². The maximum Gasteiger partial charge on any atom is 0.335 e. The molecule has 1 rings (SSSR count). The first-order valence-electron chi connectivity index (χ1n) is 7.17. The molecule has 0 saturated carbocycles. The van der Waals surface area contributed by atoms with E-state index in [2.05, 4.69) is 33.9 Å². The quantitative estimate of drug-likeness (QED) is 0.612. The second kappa shape index (κ2) is 7.20. The normalized spacial score (nSPS) is 12.4. The highest BCUT2D eigenvalue weighted by Crippen LogP contribution is 2.36. The predicted molar refractivity (Wildman–Crippen MR) is 86.2 cm³/mol. The number of carbonyl (C=O) groups is 1. The van der Waals surface area contributed by atoms with Gasteiger partial charge in [-0.15, -0.1) is 0 Å². The first kappa shape index (κ1) is 17.9. The summed E-state index contributed by atoms with van der Waals surface area (Å²) in [7, 11) is -1.70. The number of benzene rings is 1. The van der Waals surface area contributed by atoms with Crippen molar-refractivity contribution in [3.63, 3.8) is 0 Å². The van der Waals surface area contributed by atoms with E-state index in [4.69, 9.17) is 14.3 Å². The van der Waals surface area contributed by atoms with Gasteiger partial charge in [-0.2, -0.15) is 0 Å². The maximum absolute atomic E-state index is 10.7. The Morgan fingerprint density at radius 3 is 2.19 bits per heavy atom. The van der Waals surface area contributed by atoms with E-state index in [-0.39, 0.29) is 5.04 Å². The van der Waals surface area contributed by atoms with Gasteiger partial charge < -0.3 is 14.3 Å². The van der Waals surface area contributed by atoms with Crippen LogP contribution in [0.4, 0.5) is 0 Å². The van der Waals surface area contributed by atoms with Crippen molar-refractivity contribution in [3.8, 4) is 0 Å². The van der Waals surface area contributed by atoms with Gasteiger partial charge in [0.2, 0.25) is 0 Å². The average Bonchev–Trinajstić information content (AvgIpc) is 2.37. The van der Waals surface area contributed by atoms with Gasteiger partial charge in [-0.25, -0.2) is 4.79 Å². The summed E-state index contributed by atoms with van der Waals surface area (Å²) in [5, 5.41) is 9.03. The Morgan fingerprint density at radius 1 is 1.14 bits per heavy atom. The average molecular weight is 310 g/mol. The topological polar surface area (TPSA) is 55.8 Å². The Labute approximate surface area is 128 Å². The molecule has 0 saturated heterocycles. The van der Waals surface area contributed by atoms with E-state index >= 15 is 0 Å². The molecule has 0 aliphatic carbocycles. The lowest BCUT2D eigenvalue weighted by molar-refractivity contribution is 0.0696. The third-order valence-electron chi connectivity index (χ3n) is 3.97. The molecule has 0 aromatic heterocycles. The SMILES string of the molecule is CC(C)(C)[Si](C)(C)OCCOCc1ccc(C(=O)O)cc1. The zero-order valence-electron chi connectivity index (χ0n) is 13.6. The van der Waals surface area contributed by atoms with Crippen molar-refractivity contribution in [1.82, 2.24) is 0 Å². The number of hydrogen-bond donors (Lipinski definition) is 1. The number of aromatic carboxylic acids is 1. The molecule has 4 nitrogen and oxygen atoms in total. The summed E-state index contributed by atoms with van der Waals surface area (Å²) in [5.74, 6) is -0.912. The standard InChI is InChI=1S/C16H26O4Si/c1-16(2,3)21(4,5)20-11-10-19-12-13-6-8-14(9-7-13)15(17)18/h6-9H,10-12H2,1-5H3,(H,17,18). The van der Waals surface area contributed by atoms with Gasteiger partial charge in [-0.3, -0.25) is 0 Å². The smallest absolute Gasteiger partial charge is 0.335 e. The van der Waals surface area contributed by atoms with Crippen LogP contribution in [0.15, 0.2) is 24.3 Å². The summed E-state index contributed by atoms with van der Waals surface area (Å²) in [4.78, 5) is 10.7. The summed E-state index contributed by atoms with van der Waals surface area (Å²) in [5.41, 5.74) is 1.26. The summed E-state index contributed by atoms with van der Waals surface area (Å²) >= 11 is 0. The van der Waals surface area contributed by atoms with Gasteiger partial charge in [0.1, 0.15) is 0 Å². The molecule has 0 heterocycles. The fraction of sp³-hybridized carbons (Fsp3) is 0.562. The molecule has 0 amide bonds. The fourth-order valence-corrected chi connectivity index (χ4v) is 2.53. The molecule has 0 spiro atoms. The van der Waals surface area contributed by atoms with Crippen LogP contribution in [0.2, 0.25) is 18.1 Å². The summed E-state index contributed by atoms with van der Waals surface area (Å²) < 4.78 is 11.6. The Hall–Kier alpha value is -1.17. The first-order valence-corrected chi connectivity index (χ1v) is 10.1. The summed E-state index contributed by atoms with van der Waals surface area (Å²) in [6.07, 6.45) is 0. The largest absolute Gasteiger partial charge is 0.478 e. The van der Waals surface area contributed by atoms with E-state index in [1.807, 2.05) is 0 Å². The monoisotopic (exact) mass is 310 g/mol. The molecule has 0 aliphatic heterocycles. The Morgan fingerprint density at radius 2 is 1.71 bits per heavy atom. The van der Waals surface area contributed by atoms with E-state index in [1.165, 1.54) is 0 Å². The molecular formula is C16H26O4Si. The van der Waals surface area contributed by atoms with E-state index in [0.29, 0.717) is 25.4 Å². The molecule has 0 bridgehead atoms. The molecule has 0 unspecified atom stereocenters. The third-order valence-corrected chi connectivity index (χ3v) is 8.50. The zero-order valence-corrected chi connectivity index (χ0v) is 14.6. The highest BCUT2D eigenvalue weighted by atomic mass is 28.4. The lowest BCUT2D eigenvalue weighted by atomic mass is 10.1. The van der Waals surface area contributed by atoms with Crippen LogP contribution in [0.3, 0.4) is 0 Å². The van der Waals surface area contributed by atoms with Gasteiger partial charge in [0, 0.05) is 0 Å². The molecule has 5 heteroatoms. The van der Waals surface area contributed by atoms with Gasteiger partial charge in [-0.05, 0) is 35.8 Å². The number of carboxylic acid groups (broad SMARTS) is 1. The van der Waals surface area contributed by atoms with Gasteiger partial charge in [0.15, 0.2) is 8.32 Å². The minimum absolute atomic E-state index is 0.208. The van der Waals surface area contributed by atoms with Crippen molar-refractivity contribution < 1.29 is 19.1 Å². The van der Waals surface area contributed by atoms with Crippen molar-refractivity contribution in [2.75, 3.05) is 13.2 Å². The van der Waals surface area contributed by atoms with Gasteiger partial charge in [-0.1, -0.05) is 32.9 Å². The lowest BCUT2D eigenvalue weighted by Gasteiger charge is -2.36. The maximum atomic E-state index is 10.7. The van der Waals surface area contributed by atoms with Crippen LogP contribution in [-0.4, -0.2) is 32.6 Å². The molecule has 0 fully saturated rings. The lowest BCUT2D eigenvalue weighted by Crippen LogP contribution is -2.41. The van der Waals surface area contributed by atoms with Crippen LogP contribution in [0.25, 0.3) is 0 Å². The Balaban J connectivity index is 2.30. The molecule has 1 aromatic rings. The zero-order chi connectivity index (χ0) is 16.1. The Bertz CT molecular complexity index is 460. The first-order chi connectivity index (χ1) is 9.63. The number of ether oxygens (including phenoxy) is 1. The number of carboxylic acids is 1. The van der Waals surface area contributed by atoms with Crippen molar-refractivity contribution in [3.05, 3.63) is 35.4 Å². The second-order valence-electron chi connectivity index (χ2n) is 6.66. The minimum Gasteiger partial charge on any atom is -0.478 e. The van der Waals surface area contributed by atoms with Crippen LogP contribution in [0.1, 0.15) is 36.7 Å². The molecule has 0 aliphatic rings. The molecule has 0 radical (unpaired) electrons. The van der Waals surface area contributed by atoms with E-state index in [9.17, 15) is 4.79 Å². The molecule has 118 valence electrons. The number of rotatable bonds is 7. The van der Waals surface area contributed by atoms with Gasteiger partial charge in [0.25, 0.3) is 0 Å². The van der Waals surface area contributed by atoms with Crippen molar-refractivity contribution in [1.29, 1.82) is 0 Å². The molecule has 1 aromatic carbocycles. The Kier molecular flexibility index (Phi) is 6.13. The highest BCUT2D eigenvalue weighted by Gasteiger charge is 2.36. The molecule has 1 N–H and O–H groups in total. The van der Waals surface area contributed by atoms with Crippen LogP contribution >= 0.6 is 0 Å². The van der Waals surface area contributed by atoms with E-state index < -0.39 is 14.3 Å². The van der Waals surface area contributed by atoms with E-state index in [1.54, 1.807) is 24.3 Å². The molecule has 21 heavy (non-hydrogen) atoms. The van der Waals surface area contributed by atoms with Crippen molar-refractivity contribution in [2.45, 2.75) is 45.5 Å². The molecule has 0 atom stereocenters. The number of hydrogen-bond acceptors (Lipinski definition) is 3. The van der Waals surface area contributed by atoms with Crippen molar-refractivity contribution in [2.24, 2.45) is 0 Å². The minimum atomic E-state index is -1.70. The van der Waals surface area contributed by atoms with Gasteiger partial charge in [0.05, 0.1) is 25.4 Å². The third kappa shape index (κ3) is 5.61. The van der Waals surface area contributed by atoms with Crippen LogP contribution in [0.5, 0.6) is 0 Å². The fourth-order valence-electron chi connectivity index (χ4n) is 1.51. The van der Waals surface area contributed by atoms with Crippen LogP contribution < -0.4 is 0 Å². The van der Waals surface area contributed by atoms with Crippen LogP contribution in [-0.2, 0) is 15.8 Å². The molecular weight excluding hydrogens is 284 g/mol. The van der Waals surface area contributed by atoms with Crippen LogP contribution in [0, 0.1) is 0 Å². The second-order valence-corrected chi connectivity index (χ2v) is 11.5. The highest BCUT2D eigenvalue weighted by molar-refractivity contribution is 6.74. The summed E-state index contributed by atoms with van der Waals surface area (Å²) in [6.45, 7) is 12.7. The van der Waals surface area contributed by atoms with Gasteiger partial charge >= 0.3 is 5.97 Å². The van der Waals surface area contributed by atoms with Crippen molar-refractivity contribution >= 4 is 14.3 Å². The predicted octanol–water partition coefficient (Wildman–Crippen LogP) is 3.92. The summed E-state index contributed by atoms with van der Waals surface area (Å²) in [6, 6.07) is 6.73.